The van der Waals surface area contributed by atoms with Gasteiger partial charge in [-0.1, -0.05) is 93.3 Å². The molecule has 0 radical (unpaired) electrons. The molecule has 6 heteroatoms. The van der Waals surface area contributed by atoms with Crippen LogP contribution in [0.1, 0.15) is 0 Å². The van der Waals surface area contributed by atoms with E-state index in [4.69, 9.17) is 32.7 Å². The lowest BCUT2D eigenvalue weighted by atomic mass is 10.3. The highest BCUT2D eigenvalue weighted by atomic mass is 35.5. The number of benzene rings is 4. The normalized spacial score (nSPS) is 10.6. The van der Waals surface area contributed by atoms with E-state index in [2.05, 4.69) is 0 Å². The molecule has 0 bridgehead atoms. The minimum absolute atomic E-state index is 0.562. The molecule has 0 aliphatic heterocycles. The molecular formula is C24H16Cl2O2S2. The van der Waals surface area contributed by atoms with Gasteiger partial charge in [-0.15, -0.1) is 0 Å². The van der Waals surface area contributed by atoms with Crippen molar-refractivity contribution < 1.29 is 9.47 Å². The van der Waals surface area contributed by atoms with Gasteiger partial charge in [-0.05, 0) is 48.5 Å². The van der Waals surface area contributed by atoms with Crippen LogP contribution < -0.4 is 9.47 Å². The summed E-state index contributed by atoms with van der Waals surface area (Å²) >= 11 is 13.2. The first kappa shape index (κ1) is 21.0. The maximum atomic E-state index is 6.59. The van der Waals surface area contributed by atoms with E-state index in [1.54, 1.807) is 0 Å². The molecule has 2 nitrogen and oxygen atoms in total. The van der Waals surface area contributed by atoms with Gasteiger partial charge in [-0.3, -0.25) is 0 Å². The van der Waals surface area contributed by atoms with Crippen LogP contribution in [-0.2, 0) is 0 Å². The molecule has 4 aromatic rings. The van der Waals surface area contributed by atoms with Crippen LogP contribution in [-0.4, -0.2) is 0 Å². The topological polar surface area (TPSA) is 18.5 Å². The van der Waals surface area contributed by atoms with Gasteiger partial charge in [0.2, 0.25) is 0 Å². The fourth-order valence-corrected chi connectivity index (χ4v) is 5.59. The molecule has 0 saturated heterocycles. The fraction of sp³-hybridized carbons (Fsp3) is 0. The number of para-hydroxylation sites is 2. The van der Waals surface area contributed by atoms with Gasteiger partial charge in [0.15, 0.2) is 0 Å². The minimum atomic E-state index is 0.562. The monoisotopic (exact) mass is 470 g/mol. The fourth-order valence-electron chi connectivity index (χ4n) is 2.59. The first-order valence-electron chi connectivity index (χ1n) is 9.08. The molecule has 0 aromatic heterocycles. The largest absolute Gasteiger partial charge is 0.456 e. The van der Waals surface area contributed by atoms with Crippen LogP contribution in [0.25, 0.3) is 0 Å². The molecule has 4 aromatic carbocycles. The zero-order valence-corrected chi connectivity index (χ0v) is 18.8. The SMILES string of the molecule is Clc1c(Oc2ccccc2)cccc1SSc1cccc(Oc2ccccc2)c1Cl. The van der Waals surface area contributed by atoms with Gasteiger partial charge >= 0.3 is 0 Å². The molecule has 150 valence electrons. The summed E-state index contributed by atoms with van der Waals surface area (Å²) in [7, 11) is 3.04. The van der Waals surface area contributed by atoms with E-state index < -0.39 is 0 Å². The molecular weight excluding hydrogens is 455 g/mol. The van der Waals surface area contributed by atoms with E-state index in [0.29, 0.717) is 21.5 Å². The minimum Gasteiger partial charge on any atom is -0.456 e. The van der Waals surface area contributed by atoms with Crippen molar-refractivity contribution in [1.82, 2.24) is 0 Å². The van der Waals surface area contributed by atoms with Gasteiger partial charge in [0.05, 0.1) is 10.0 Å². The van der Waals surface area contributed by atoms with E-state index in [-0.39, 0.29) is 0 Å². The third-order valence-electron chi connectivity index (χ3n) is 4.02. The Balaban J connectivity index is 1.48. The molecule has 0 fully saturated rings. The summed E-state index contributed by atoms with van der Waals surface area (Å²) in [6.07, 6.45) is 0. The summed E-state index contributed by atoms with van der Waals surface area (Å²) in [6.45, 7) is 0. The Bertz CT molecular complexity index is 1030. The molecule has 0 aliphatic carbocycles. The molecule has 0 atom stereocenters. The summed E-state index contributed by atoms with van der Waals surface area (Å²) in [4.78, 5) is 1.78. The summed E-state index contributed by atoms with van der Waals surface area (Å²) in [5.41, 5.74) is 0. The number of rotatable bonds is 7. The van der Waals surface area contributed by atoms with E-state index in [0.717, 1.165) is 21.3 Å². The molecule has 0 aliphatic rings. The Labute approximate surface area is 193 Å². The van der Waals surface area contributed by atoms with Crippen molar-refractivity contribution in [3.05, 3.63) is 107 Å². The maximum absolute atomic E-state index is 6.59. The molecule has 0 heterocycles. The zero-order chi connectivity index (χ0) is 20.8. The van der Waals surface area contributed by atoms with E-state index in [9.17, 15) is 0 Å². The van der Waals surface area contributed by atoms with Crippen LogP contribution in [0.5, 0.6) is 23.0 Å². The van der Waals surface area contributed by atoms with Crippen LogP contribution in [0.3, 0.4) is 0 Å². The second kappa shape index (κ2) is 10.2. The second-order valence-electron chi connectivity index (χ2n) is 6.13. The van der Waals surface area contributed by atoms with Crippen molar-refractivity contribution in [1.29, 1.82) is 0 Å². The lowest BCUT2D eigenvalue weighted by molar-refractivity contribution is 0.481. The third-order valence-corrected chi connectivity index (χ3v) is 7.47. The van der Waals surface area contributed by atoms with Crippen LogP contribution >= 0.6 is 44.8 Å². The Morgan fingerprint density at radius 3 is 1.27 bits per heavy atom. The quantitative estimate of drug-likeness (QED) is 0.250. The van der Waals surface area contributed by atoms with E-state index in [1.807, 2.05) is 97.1 Å². The third kappa shape index (κ3) is 5.27. The van der Waals surface area contributed by atoms with Crippen molar-refractivity contribution in [3.63, 3.8) is 0 Å². The number of hydrogen-bond acceptors (Lipinski definition) is 4. The van der Waals surface area contributed by atoms with Crippen molar-refractivity contribution in [2.45, 2.75) is 9.79 Å². The summed E-state index contributed by atoms with van der Waals surface area (Å²) in [6, 6.07) is 30.6. The lowest BCUT2D eigenvalue weighted by Crippen LogP contribution is -1.87. The number of hydrogen-bond donors (Lipinski definition) is 0. The summed E-state index contributed by atoms with van der Waals surface area (Å²) in [5.74, 6) is 2.70. The lowest BCUT2D eigenvalue weighted by Gasteiger charge is -2.12. The maximum Gasteiger partial charge on any atom is 0.147 e. The number of halogens is 2. The van der Waals surface area contributed by atoms with Gasteiger partial charge in [0.1, 0.15) is 23.0 Å². The van der Waals surface area contributed by atoms with Crippen molar-refractivity contribution >= 4 is 44.8 Å². The molecule has 0 saturated carbocycles. The Morgan fingerprint density at radius 2 is 0.867 bits per heavy atom. The van der Waals surface area contributed by atoms with E-state index >= 15 is 0 Å². The van der Waals surface area contributed by atoms with Gasteiger partial charge in [0, 0.05) is 9.79 Å². The summed E-state index contributed by atoms with van der Waals surface area (Å²) in [5, 5.41) is 1.12. The van der Waals surface area contributed by atoms with Crippen LogP contribution in [0, 0.1) is 0 Å². The molecule has 0 unspecified atom stereocenters. The van der Waals surface area contributed by atoms with Crippen LogP contribution in [0.15, 0.2) is 107 Å². The van der Waals surface area contributed by atoms with Crippen molar-refractivity contribution in [3.8, 4) is 23.0 Å². The predicted molar refractivity (Wildman–Crippen MR) is 128 cm³/mol. The summed E-state index contributed by atoms with van der Waals surface area (Å²) < 4.78 is 11.8. The molecule has 4 rings (SSSR count). The smallest absolute Gasteiger partial charge is 0.147 e. The van der Waals surface area contributed by atoms with Gasteiger partial charge in [-0.2, -0.15) is 0 Å². The van der Waals surface area contributed by atoms with Gasteiger partial charge in [0.25, 0.3) is 0 Å². The van der Waals surface area contributed by atoms with Gasteiger partial charge < -0.3 is 9.47 Å². The second-order valence-corrected chi connectivity index (χ2v) is 9.10. The van der Waals surface area contributed by atoms with E-state index in [1.165, 1.54) is 21.6 Å². The first-order chi connectivity index (χ1) is 14.7. The first-order valence-corrected chi connectivity index (χ1v) is 12.0. The Kier molecular flexibility index (Phi) is 7.13. The highest BCUT2D eigenvalue weighted by Crippen LogP contribution is 2.47. The van der Waals surface area contributed by atoms with Crippen LogP contribution in [0.4, 0.5) is 0 Å². The molecule has 30 heavy (non-hydrogen) atoms. The standard InChI is InChI=1S/C24H16Cl2O2S2/c25-23-19(27-17-9-3-1-4-10-17)13-7-15-21(23)29-30-22-16-8-14-20(24(22)26)28-18-11-5-2-6-12-18/h1-16H. The predicted octanol–water partition coefficient (Wildman–Crippen LogP) is 9.38. The average Bonchev–Trinajstić information content (AvgIpc) is 2.78. The Hall–Kier alpha value is -2.24. The zero-order valence-electron chi connectivity index (χ0n) is 15.6. The van der Waals surface area contributed by atoms with Crippen molar-refractivity contribution in [2.24, 2.45) is 0 Å². The Morgan fingerprint density at radius 1 is 0.467 bits per heavy atom. The number of ether oxygens (including phenoxy) is 2. The molecule has 0 amide bonds. The average molecular weight is 471 g/mol. The van der Waals surface area contributed by atoms with Gasteiger partial charge in [-0.25, -0.2) is 0 Å². The highest BCUT2D eigenvalue weighted by Gasteiger charge is 2.13. The molecule has 0 spiro atoms. The highest BCUT2D eigenvalue weighted by molar-refractivity contribution is 8.76. The molecule has 0 N–H and O–H groups in total. The van der Waals surface area contributed by atoms with Crippen LogP contribution in [0.2, 0.25) is 10.0 Å². The van der Waals surface area contributed by atoms with Crippen molar-refractivity contribution in [2.75, 3.05) is 0 Å².